The van der Waals surface area contributed by atoms with Gasteiger partial charge in [0, 0.05) is 16.0 Å². The van der Waals surface area contributed by atoms with Crippen molar-refractivity contribution in [3.05, 3.63) is 45.9 Å². The molecule has 0 radical (unpaired) electrons. The lowest BCUT2D eigenvalue weighted by Crippen LogP contribution is -2.23. The molecule has 0 aliphatic rings. The maximum atomic E-state index is 5.46. The van der Waals surface area contributed by atoms with Gasteiger partial charge in [0.25, 0.3) is 0 Å². The summed E-state index contributed by atoms with van der Waals surface area (Å²) in [5.41, 5.74) is 0.966. The van der Waals surface area contributed by atoms with Gasteiger partial charge >= 0.3 is 0 Å². The van der Waals surface area contributed by atoms with Crippen molar-refractivity contribution >= 4 is 11.3 Å². The molecule has 0 aliphatic carbocycles. The zero-order valence-corrected chi connectivity index (χ0v) is 13.2. The number of hydrogen-bond donors (Lipinski definition) is 1. The molecule has 2 aromatic heterocycles. The third kappa shape index (κ3) is 3.38. The number of aromatic nitrogens is 1. The Morgan fingerprint density at radius 3 is 2.80 bits per heavy atom. The predicted molar refractivity (Wildman–Crippen MR) is 84.6 cm³/mol. The highest BCUT2D eigenvalue weighted by Crippen LogP contribution is 2.32. The maximum Gasteiger partial charge on any atom is 0.142 e. The molecule has 20 heavy (non-hydrogen) atoms. The van der Waals surface area contributed by atoms with E-state index in [1.165, 1.54) is 9.75 Å². The highest BCUT2D eigenvalue weighted by atomic mass is 32.1. The number of methoxy groups -OCH3 is 1. The summed E-state index contributed by atoms with van der Waals surface area (Å²) in [6.45, 7) is 5.32. The quantitative estimate of drug-likeness (QED) is 0.842. The molecule has 1 N–H and O–H groups in total. The van der Waals surface area contributed by atoms with Crippen LogP contribution in [-0.4, -0.2) is 18.6 Å². The zero-order valence-electron chi connectivity index (χ0n) is 12.3. The Kier molecular flexibility index (Phi) is 5.56. The van der Waals surface area contributed by atoms with Gasteiger partial charge in [-0.3, -0.25) is 4.98 Å². The van der Waals surface area contributed by atoms with E-state index in [4.69, 9.17) is 4.74 Å². The van der Waals surface area contributed by atoms with Gasteiger partial charge in [0.1, 0.15) is 11.4 Å². The third-order valence-electron chi connectivity index (χ3n) is 3.21. The van der Waals surface area contributed by atoms with E-state index < -0.39 is 0 Å². The highest BCUT2D eigenvalue weighted by molar-refractivity contribution is 7.12. The number of ether oxygens (including phenoxy) is 1. The summed E-state index contributed by atoms with van der Waals surface area (Å²) in [6.07, 6.45) is 4.00. The van der Waals surface area contributed by atoms with E-state index in [2.05, 4.69) is 36.3 Å². The van der Waals surface area contributed by atoms with Crippen molar-refractivity contribution in [2.45, 2.75) is 32.7 Å². The summed E-state index contributed by atoms with van der Waals surface area (Å²) in [4.78, 5) is 7.23. The number of aryl methyl sites for hydroxylation is 1. The Labute approximate surface area is 125 Å². The van der Waals surface area contributed by atoms with Crippen molar-refractivity contribution in [1.82, 2.24) is 10.3 Å². The Morgan fingerprint density at radius 2 is 2.15 bits per heavy atom. The summed E-state index contributed by atoms with van der Waals surface area (Å²) >= 11 is 1.85. The van der Waals surface area contributed by atoms with Crippen LogP contribution in [0.15, 0.2) is 30.5 Å². The molecule has 0 saturated heterocycles. The molecule has 4 heteroatoms. The van der Waals surface area contributed by atoms with E-state index in [-0.39, 0.29) is 6.04 Å². The minimum absolute atomic E-state index is 0.108. The molecule has 0 aromatic carbocycles. The van der Waals surface area contributed by atoms with E-state index in [9.17, 15) is 0 Å². The molecule has 108 valence electrons. The Balaban J connectivity index is 2.35. The second-order valence-electron chi connectivity index (χ2n) is 4.64. The van der Waals surface area contributed by atoms with Gasteiger partial charge in [-0.05, 0) is 43.7 Å². The molecule has 0 spiro atoms. The second kappa shape index (κ2) is 7.41. The van der Waals surface area contributed by atoms with Crippen LogP contribution in [0.25, 0.3) is 0 Å². The predicted octanol–water partition coefficient (Wildman–Crippen LogP) is 3.80. The third-order valence-corrected chi connectivity index (χ3v) is 4.50. The summed E-state index contributed by atoms with van der Waals surface area (Å²) in [5, 5.41) is 3.58. The average molecular weight is 290 g/mol. The van der Waals surface area contributed by atoms with E-state index in [1.54, 1.807) is 7.11 Å². The van der Waals surface area contributed by atoms with Crippen molar-refractivity contribution < 1.29 is 4.74 Å². The lowest BCUT2D eigenvalue weighted by atomic mass is 10.1. The zero-order chi connectivity index (χ0) is 14.4. The summed E-state index contributed by atoms with van der Waals surface area (Å²) < 4.78 is 5.46. The molecule has 1 unspecified atom stereocenters. The van der Waals surface area contributed by atoms with Crippen LogP contribution in [0.2, 0.25) is 0 Å². The SMILES string of the molecule is CCCNC(c1ccc(CC)s1)c1ncccc1OC. The van der Waals surface area contributed by atoms with Crippen molar-refractivity contribution in [2.75, 3.05) is 13.7 Å². The summed E-state index contributed by atoms with van der Waals surface area (Å²) in [5.74, 6) is 0.840. The van der Waals surface area contributed by atoms with Crippen LogP contribution in [0, 0.1) is 0 Å². The minimum atomic E-state index is 0.108. The van der Waals surface area contributed by atoms with Gasteiger partial charge in [-0.15, -0.1) is 11.3 Å². The lowest BCUT2D eigenvalue weighted by Gasteiger charge is -2.19. The first-order chi connectivity index (χ1) is 9.80. The smallest absolute Gasteiger partial charge is 0.142 e. The number of rotatable bonds is 7. The van der Waals surface area contributed by atoms with Gasteiger partial charge < -0.3 is 10.1 Å². The molecule has 0 saturated carbocycles. The topological polar surface area (TPSA) is 34.2 Å². The summed E-state index contributed by atoms with van der Waals surface area (Å²) in [6, 6.07) is 8.39. The molecule has 1 atom stereocenters. The van der Waals surface area contributed by atoms with Crippen LogP contribution in [0.1, 0.15) is 41.8 Å². The molecule has 0 aliphatic heterocycles. The van der Waals surface area contributed by atoms with Crippen LogP contribution >= 0.6 is 11.3 Å². The van der Waals surface area contributed by atoms with Gasteiger partial charge in [-0.25, -0.2) is 0 Å². The van der Waals surface area contributed by atoms with Gasteiger partial charge in [-0.1, -0.05) is 13.8 Å². The Hall–Kier alpha value is -1.39. The molecule has 2 rings (SSSR count). The van der Waals surface area contributed by atoms with Crippen LogP contribution < -0.4 is 10.1 Å². The first-order valence-electron chi connectivity index (χ1n) is 7.11. The van der Waals surface area contributed by atoms with E-state index in [1.807, 2.05) is 29.7 Å². The molecule has 0 bridgehead atoms. The fraction of sp³-hybridized carbons (Fsp3) is 0.438. The van der Waals surface area contributed by atoms with E-state index in [0.717, 1.165) is 30.8 Å². The normalized spacial score (nSPS) is 12.3. The molecular formula is C16H22N2OS. The van der Waals surface area contributed by atoms with Gasteiger partial charge in [0.05, 0.1) is 13.2 Å². The van der Waals surface area contributed by atoms with Gasteiger partial charge in [0.15, 0.2) is 0 Å². The van der Waals surface area contributed by atoms with Gasteiger partial charge in [0.2, 0.25) is 0 Å². The molecule has 0 fully saturated rings. The lowest BCUT2D eigenvalue weighted by molar-refractivity contribution is 0.400. The first-order valence-corrected chi connectivity index (χ1v) is 7.92. The van der Waals surface area contributed by atoms with E-state index in [0.29, 0.717) is 0 Å². The van der Waals surface area contributed by atoms with Crippen molar-refractivity contribution in [1.29, 1.82) is 0 Å². The standard InChI is InChI=1S/C16H22N2OS/c1-4-10-17-16(14-9-8-12(5-2)20-14)15-13(19-3)7-6-11-18-15/h6-9,11,16-17H,4-5,10H2,1-3H3. The largest absolute Gasteiger partial charge is 0.495 e. The maximum absolute atomic E-state index is 5.46. The van der Waals surface area contributed by atoms with Crippen LogP contribution in [0.5, 0.6) is 5.75 Å². The fourth-order valence-corrected chi connectivity index (χ4v) is 3.18. The fourth-order valence-electron chi connectivity index (χ4n) is 2.15. The monoisotopic (exact) mass is 290 g/mol. The van der Waals surface area contributed by atoms with Crippen molar-refractivity contribution in [3.8, 4) is 5.75 Å². The van der Waals surface area contributed by atoms with Crippen molar-refractivity contribution in [2.24, 2.45) is 0 Å². The molecule has 3 nitrogen and oxygen atoms in total. The van der Waals surface area contributed by atoms with E-state index >= 15 is 0 Å². The Bertz CT molecular complexity index is 539. The number of nitrogens with one attached hydrogen (secondary N) is 1. The molecular weight excluding hydrogens is 268 g/mol. The Morgan fingerprint density at radius 1 is 1.30 bits per heavy atom. The summed E-state index contributed by atoms with van der Waals surface area (Å²) in [7, 11) is 1.70. The number of thiophene rings is 1. The number of hydrogen-bond acceptors (Lipinski definition) is 4. The van der Waals surface area contributed by atoms with Crippen LogP contribution in [0.3, 0.4) is 0 Å². The number of nitrogens with zero attached hydrogens (tertiary/aromatic N) is 1. The molecule has 2 aromatic rings. The van der Waals surface area contributed by atoms with Crippen LogP contribution in [0.4, 0.5) is 0 Å². The minimum Gasteiger partial charge on any atom is -0.495 e. The van der Waals surface area contributed by atoms with Gasteiger partial charge in [-0.2, -0.15) is 0 Å². The molecule has 2 heterocycles. The second-order valence-corrected chi connectivity index (χ2v) is 5.84. The van der Waals surface area contributed by atoms with Crippen LogP contribution in [-0.2, 0) is 6.42 Å². The highest BCUT2D eigenvalue weighted by Gasteiger charge is 2.20. The average Bonchev–Trinajstić information content (AvgIpc) is 2.97. The van der Waals surface area contributed by atoms with Crippen molar-refractivity contribution in [3.63, 3.8) is 0 Å². The molecule has 0 amide bonds. The number of pyridine rings is 1. The first kappa shape index (κ1) is 15.0.